The van der Waals surface area contributed by atoms with E-state index in [1.165, 1.54) is 17.4 Å². The number of nitrogens with two attached hydrogens (primary N) is 1. The molecule has 1 saturated heterocycles. The van der Waals surface area contributed by atoms with Crippen LogP contribution in [-0.2, 0) is 22.6 Å². The third-order valence-electron chi connectivity index (χ3n) is 5.08. The molecule has 1 atom stereocenters. The molecule has 1 aromatic heterocycles. The maximum atomic E-state index is 11.5. The Balaban J connectivity index is 1.83. The van der Waals surface area contributed by atoms with E-state index in [0.717, 1.165) is 50.3 Å². The molecule has 0 radical (unpaired) electrons. The fraction of sp³-hybridized carbons (Fsp3) is 0.550. The van der Waals surface area contributed by atoms with Crippen molar-refractivity contribution in [1.82, 2.24) is 9.47 Å². The van der Waals surface area contributed by atoms with Crippen LogP contribution in [0.3, 0.4) is 0 Å². The van der Waals surface area contributed by atoms with Crippen LogP contribution < -0.4 is 5.73 Å². The molecular formula is C20H29N3O2. The Morgan fingerprint density at radius 3 is 2.92 bits per heavy atom. The standard InChI is InChI=1S/C20H29N3O2/c1-3-11-25-16-7-6-10-22(12-16)13-18-15(2)23(14-20(21)24)19-9-5-4-8-17(18)19/h4-5,8-9,16H,3,6-7,10-14H2,1-2H3,(H2,21,24)/t16-/m0/s1. The zero-order chi connectivity index (χ0) is 17.8. The molecule has 0 spiro atoms. The molecule has 2 N–H and O–H groups in total. The lowest BCUT2D eigenvalue weighted by Gasteiger charge is -2.32. The molecule has 25 heavy (non-hydrogen) atoms. The number of rotatable bonds is 7. The van der Waals surface area contributed by atoms with Crippen molar-refractivity contribution in [3.63, 3.8) is 0 Å². The second kappa shape index (κ2) is 8.02. The van der Waals surface area contributed by atoms with Gasteiger partial charge in [0.25, 0.3) is 0 Å². The fourth-order valence-corrected chi connectivity index (χ4v) is 3.86. The van der Waals surface area contributed by atoms with Crippen LogP contribution in [0.15, 0.2) is 24.3 Å². The van der Waals surface area contributed by atoms with Crippen molar-refractivity contribution < 1.29 is 9.53 Å². The number of hydrogen-bond donors (Lipinski definition) is 1. The Labute approximate surface area is 149 Å². The predicted molar refractivity (Wildman–Crippen MR) is 100 cm³/mol. The summed E-state index contributed by atoms with van der Waals surface area (Å²) in [6, 6.07) is 8.28. The van der Waals surface area contributed by atoms with E-state index in [1.807, 2.05) is 10.6 Å². The third kappa shape index (κ3) is 4.05. The summed E-state index contributed by atoms with van der Waals surface area (Å²) < 4.78 is 8.01. The minimum Gasteiger partial charge on any atom is -0.377 e. The molecule has 5 heteroatoms. The van der Waals surface area contributed by atoms with Gasteiger partial charge in [0.05, 0.1) is 6.10 Å². The van der Waals surface area contributed by atoms with Crippen LogP contribution in [0.1, 0.15) is 37.4 Å². The highest BCUT2D eigenvalue weighted by molar-refractivity contribution is 5.87. The third-order valence-corrected chi connectivity index (χ3v) is 5.08. The van der Waals surface area contributed by atoms with Crippen LogP contribution >= 0.6 is 0 Å². The molecule has 136 valence electrons. The number of ether oxygens (including phenoxy) is 1. The van der Waals surface area contributed by atoms with Gasteiger partial charge in [-0.05, 0) is 44.4 Å². The van der Waals surface area contributed by atoms with Crippen molar-refractivity contribution >= 4 is 16.8 Å². The first-order valence-corrected chi connectivity index (χ1v) is 9.29. The SMILES string of the molecule is CCCO[C@H]1CCCN(Cc2c(C)n(CC(N)=O)c3ccccc23)C1. The number of para-hydroxylation sites is 1. The largest absolute Gasteiger partial charge is 0.377 e. The van der Waals surface area contributed by atoms with Crippen molar-refractivity contribution in [3.8, 4) is 0 Å². The van der Waals surface area contributed by atoms with Gasteiger partial charge < -0.3 is 15.0 Å². The maximum Gasteiger partial charge on any atom is 0.237 e. The van der Waals surface area contributed by atoms with Gasteiger partial charge >= 0.3 is 0 Å². The summed E-state index contributed by atoms with van der Waals surface area (Å²) in [6.07, 6.45) is 3.73. The molecule has 0 bridgehead atoms. The van der Waals surface area contributed by atoms with E-state index in [9.17, 15) is 4.79 Å². The summed E-state index contributed by atoms with van der Waals surface area (Å²) >= 11 is 0. The van der Waals surface area contributed by atoms with Crippen LogP contribution in [0.5, 0.6) is 0 Å². The lowest BCUT2D eigenvalue weighted by Crippen LogP contribution is -2.39. The Morgan fingerprint density at radius 1 is 1.36 bits per heavy atom. The zero-order valence-electron chi connectivity index (χ0n) is 15.3. The summed E-state index contributed by atoms with van der Waals surface area (Å²) in [7, 11) is 0. The van der Waals surface area contributed by atoms with Gasteiger partial charge in [-0.15, -0.1) is 0 Å². The summed E-state index contributed by atoms with van der Waals surface area (Å²) in [5.74, 6) is -0.304. The second-order valence-corrected chi connectivity index (χ2v) is 7.00. The smallest absolute Gasteiger partial charge is 0.237 e. The Bertz CT molecular complexity index is 738. The Kier molecular flexibility index (Phi) is 5.76. The van der Waals surface area contributed by atoms with E-state index < -0.39 is 0 Å². The number of likely N-dealkylation sites (tertiary alicyclic amines) is 1. The normalized spacial score (nSPS) is 18.7. The fourth-order valence-electron chi connectivity index (χ4n) is 3.86. The van der Waals surface area contributed by atoms with E-state index in [1.54, 1.807) is 0 Å². The second-order valence-electron chi connectivity index (χ2n) is 7.00. The van der Waals surface area contributed by atoms with Crippen LogP contribution in [0.2, 0.25) is 0 Å². The first-order chi connectivity index (χ1) is 12.1. The number of fused-ring (bicyclic) bond motifs is 1. The molecule has 1 aromatic carbocycles. The first kappa shape index (κ1) is 18.0. The number of benzene rings is 1. The summed E-state index contributed by atoms with van der Waals surface area (Å²) in [6.45, 7) is 8.29. The Morgan fingerprint density at radius 2 is 2.16 bits per heavy atom. The van der Waals surface area contributed by atoms with Gasteiger partial charge in [0.2, 0.25) is 5.91 Å². The molecule has 2 aromatic rings. The number of aromatic nitrogens is 1. The average molecular weight is 343 g/mol. The average Bonchev–Trinajstić information content (AvgIpc) is 2.86. The summed E-state index contributed by atoms with van der Waals surface area (Å²) in [4.78, 5) is 14.0. The Hall–Kier alpha value is -1.85. The minimum atomic E-state index is -0.304. The number of piperidine rings is 1. The number of carbonyl (C=O) groups excluding carboxylic acids is 1. The van der Waals surface area contributed by atoms with Gasteiger partial charge in [-0.2, -0.15) is 0 Å². The zero-order valence-corrected chi connectivity index (χ0v) is 15.3. The van der Waals surface area contributed by atoms with Gasteiger partial charge in [0, 0.05) is 36.3 Å². The van der Waals surface area contributed by atoms with Crippen LogP contribution in [-0.4, -0.2) is 41.2 Å². The van der Waals surface area contributed by atoms with Crippen LogP contribution in [0.25, 0.3) is 10.9 Å². The van der Waals surface area contributed by atoms with Crippen molar-refractivity contribution in [2.24, 2.45) is 5.73 Å². The van der Waals surface area contributed by atoms with E-state index in [-0.39, 0.29) is 12.5 Å². The highest BCUT2D eigenvalue weighted by Crippen LogP contribution is 2.28. The van der Waals surface area contributed by atoms with Crippen molar-refractivity contribution in [3.05, 3.63) is 35.5 Å². The van der Waals surface area contributed by atoms with Gasteiger partial charge in [0.15, 0.2) is 0 Å². The molecule has 0 saturated carbocycles. The van der Waals surface area contributed by atoms with Gasteiger partial charge in [-0.3, -0.25) is 9.69 Å². The molecule has 3 rings (SSSR count). The predicted octanol–water partition coefficient (Wildman–Crippen LogP) is 2.83. The first-order valence-electron chi connectivity index (χ1n) is 9.29. The number of hydrogen-bond acceptors (Lipinski definition) is 3. The van der Waals surface area contributed by atoms with Gasteiger partial charge in [0.1, 0.15) is 6.54 Å². The molecule has 5 nitrogen and oxygen atoms in total. The van der Waals surface area contributed by atoms with E-state index >= 15 is 0 Å². The van der Waals surface area contributed by atoms with Crippen molar-refractivity contribution in [2.75, 3.05) is 19.7 Å². The molecule has 1 aliphatic heterocycles. The molecule has 0 aliphatic carbocycles. The molecule has 1 fully saturated rings. The lowest BCUT2D eigenvalue weighted by molar-refractivity contribution is -0.118. The monoisotopic (exact) mass is 343 g/mol. The van der Waals surface area contributed by atoms with E-state index in [2.05, 4.69) is 36.9 Å². The minimum absolute atomic E-state index is 0.231. The highest BCUT2D eigenvalue weighted by atomic mass is 16.5. The number of primary amides is 1. The van der Waals surface area contributed by atoms with Crippen molar-refractivity contribution in [2.45, 2.75) is 52.3 Å². The maximum absolute atomic E-state index is 11.5. The van der Waals surface area contributed by atoms with Crippen molar-refractivity contribution in [1.29, 1.82) is 0 Å². The van der Waals surface area contributed by atoms with Crippen LogP contribution in [0.4, 0.5) is 0 Å². The highest BCUT2D eigenvalue weighted by Gasteiger charge is 2.23. The lowest BCUT2D eigenvalue weighted by atomic mass is 10.1. The number of carbonyl (C=O) groups is 1. The summed E-state index contributed by atoms with van der Waals surface area (Å²) in [5.41, 5.74) is 8.98. The van der Waals surface area contributed by atoms with E-state index in [4.69, 9.17) is 10.5 Å². The molecule has 0 unspecified atom stereocenters. The molecule has 2 heterocycles. The molecule has 1 aliphatic rings. The molecular weight excluding hydrogens is 314 g/mol. The van der Waals surface area contributed by atoms with Gasteiger partial charge in [-0.1, -0.05) is 25.1 Å². The topological polar surface area (TPSA) is 60.5 Å². The quantitative estimate of drug-likeness (QED) is 0.841. The van der Waals surface area contributed by atoms with Gasteiger partial charge in [-0.25, -0.2) is 0 Å². The summed E-state index contributed by atoms with van der Waals surface area (Å²) in [5, 5.41) is 1.22. The molecule has 1 amide bonds. The van der Waals surface area contributed by atoms with E-state index in [0.29, 0.717) is 6.10 Å². The number of amides is 1. The van der Waals surface area contributed by atoms with Crippen LogP contribution in [0, 0.1) is 6.92 Å². The number of nitrogens with zero attached hydrogens (tertiary/aromatic N) is 2.